The lowest BCUT2D eigenvalue weighted by Gasteiger charge is -1.97. The van der Waals surface area contributed by atoms with Crippen LogP contribution in [0.3, 0.4) is 0 Å². The third-order valence-electron chi connectivity index (χ3n) is 2.71. The SMILES string of the molecule is O=c1[nH]c2cc(-c3cnc(CCS)[nH]3)ccc2o1. The van der Waals surface area contributed by atoms with Crippen molar-refractivity contribution >= 4 is 23.7 Å². The molecule has 2 heterocycles. The lowest BCUT2D eigenvalue weighted by Crippen LogP contribution is -1.92. The minimum absolute atomic E-state index is 0.442. The Labute approximate surface area is 108 Å². The van der Waals surface area contributed by atoms with Gasteiger partial charge in [-0.1, -0.05) is 0 Å². The van der Waals surface area contributed by atoms with Crippen molar-refractivity contribution in [1.29, 1.82) is 0 Å². The molecule has 2 N–H and O–H groups in total. The molecule has 0 amide bonds. The molecule has 0 atom stereocenters. The van der Waals surface area contributed by atoms with Crippen LogP contribution in [0.25, 0.3) is 22.4 Å². The van der Waals surface area contributed by atoms with Crippen molar-refractivity contribution < 1.29 is 4.42 Å². The fraction of sp³-hybridized carbons (Fsp3) is 0.167. The summed E-state index contributed by atoms with van der Waals surface area (Å²) >= 11 is 4.17. The number of hydrogen-bond acceptors (Lipinski definition) is 4. The van der Waals surface area contributed by atoms with Gasteiger partial charge in [-0.15, -0.1) is 0 Å². The van der Waals surface area contributed by atoms with Gasteiger partial charge in [-0.25, -0.2) is 9.78 Å². The molecule has 1 aromatic carbocycles. The van der Waals surface area contributed by atoms with E-state index in [1.54, 1.807) is 12.3 Å². The number of aromatic amines is 2. The second-order valence-electron chi connectivity index (χ2n) is 3.94. The number of rotatable bonds is 3. The maximum atomic E-state index is 11.1. The van der Waals surface area contributed by atoms with E-state index in [0.717, 1.165) is 29.3 Å². The summed E-state index contributed by atoms with van der Waals surface area (Å²) in [6.45, 7) is 0. The fourth-order valence-corrected chi connectivity index (χ4v) is 2.07. The monoisotopic (exact) mass is 261 g/mol. The molecule has 5 nitrogen and oxygen atoms in total. The van der Waals surface area contributed by atoms with E-state index in [1.807, 2.05) is 12.1 Å². The number of benzene rings is 1. The minimum Gasteiger partial charge on any atom is -0.408 e. The number of thiol groups is 1. The number of oxazole rings is 1. The number of H-pyrrole nitrogens is 2. The largest absolute Gasteiger partial charge is 0.417 e. The van der Waals surface area contributed by atoms with Gasteiger partial charge in [0.1, 0.15) is 5.82 Å². The van der Waals surface area contributed by atoms with Crippen LogP contribution in [0.5, 0.6) is 0 Å². The van der Waals surface area contributed by atoms with Crippen molar-refractivity contribution in [2.24, 2.45) is 0 Å². The quantitative estimate of drug-likeness (QED) is 0.631. The van der Waals surface area contributed by atoms with Crippen LogP contribution in [0, 0.1) is 0 Å². The zero-order valence-corrected chi connectivity index (χ0v) is 10.3. The van der Waals surface area contributed by atoms with Crippen LogP contribution >= 0.6 is 12.6 Å². The average molecular weight is 261 g/mol. The minimum atomic E-state index is -0.442. The summed E-state index contributed by atoms with van der Waals surface area (Å²) in [6, 6.07) is 5.51. The lowest BCUT2D eigenvalue weighted by molar-refractivity contribution is 0.555. The van der Waals surface area contributed by atoms with Gasteiger partial charge in [0.05, 0.1) is 17.4 Å². The van der Waals surface area contributed by atoms with Crippen molar-refractivity contribution in [3.63, 3.8) is 0 Å². The van der Waals surface area contributed by atoms with Crippen LogP contribution in [0.2, 0.25) is 0 Å². The standard InChI is InChI=1S/C12H11N3O2S/c16-12-15-8-5-7(1-2-10(8)17-12)9-6-13-11(14-9)3-4-18/h1-2,5-6,18H,3-4H2,(H,13,14)(H,15,16). The van der Waals surface area contributed by atoms with Gasteiger partial charge < -0.3 is 9.40 Å². The number of nitrogens with one attached hydrogen (secondary N) is 2. The molecule has 0 bridgehead atoms. The van der Waals surface area contributed by atoms with Gasteiger partial charge in [-0.2, -0.15) is 12.6 Å². The fourth-order valence-electron chi connectivity index (χ4n) is 1.86. The Morgan fingerprint density at radius 1 is 1.33 bits per heavy atom. The summed E-state index contributed by atoms with van der Waals surface area (Å²) in [6.07, 6.45) is 2.58. The molecule has 0 spiro atoms. The van der Waals surface area contributed by atoms with Gasteiger partial charge in [0.2, 0.25) is 0 Å². The average Bonchev–Trinajstić information content (AvgIpc) is 2.93. The van der Waals surface area contributed by atoms with Crippen LogP contribution in [-0.2, 0) is 6.42 Å². The Balaban J connectivity index is 2.04. The molecule has 0 fully saturated rings. The molecule has 0 aliphatic heterocycles. The highest BCUT2D eigenvalue weighted by Gasteiger charge is 2.06. The number of fused-ring (bicyclic) bond motifs is 1. The van der Waals surface area contributed by atoms with Crippen molar-refractivity contribution in [3.8, 4) is 11.3 Å². The van der Waals surface area contributed by atoms with E-state index in [9.17, 15) is 4.79 Å². The third kappa shape index (κ3) is 1.95. The molecule has 0 aliphatic rings. The van der Waals surface area contributed by atoms with Gasteiger partial charge in [0.25, 0.3) is 0 Å². The van der Waals surface area contributed by atoms with E-state index < -0.39 is 5.76 Å². The van der Waals surface area contributed by atoms with E-state index >= 15 is 0 Å². The Morgan fingerprint density at radius 2 is 2.22 bits per heavy atom. The first kappa shape index (κ1) is 11.2. The van der Waals surface area contributed by atoms with Gasteiger partial charge in [-0.05, 0) is 24.0 Å². The molecular weight excluding hydrogens is 250 g/mol. The summed E-state index contributed by atoms with van der Waals surface area (Å²) in [4.78, 5) is 21.2. The lowest BCUT2D eigenvalue weighted by atomic mass is 10.1. The second-order valence-corrected chi connectivity index (χ2v) is 4.39. The molecule has 3 rings (SSSR count). The zero-order chi connectivity index (χ0) is 12.5. The summed E-state index contributed by atoms with van der Waals surface area (Å²) in [5, 5.41) is 0. The molecule has 0 saturated carbocycles. The molecular formula is C12H11N3O2S. The smallest absolute Gasteiger partial charge is 0.408 e. The van der Waals surface area contributed by atoms with Crippen molar-refractivity contribution in [2.45, 2.75) is 6.42 Å². The van der Waals surface area contributed by atoms with Crippen molar-refractivity contribution in [3.05, 3.63) is 40.8 Å². The molecule has 0 radical (unpaired) electrons. The van der Waals surface area contributed by atoms with Gasteiger partial charge >= 0.3 is 5.76 Å². The topological polar surface area (TPSA) is 74.7 Å². The highest BCUT2D eigenvalue weighted by molar-refractivity contribution is 7.80. The number of imidazole rings is 1. The zero-order valence-electron chi connectivity index (χ0n) is 9.43. The Morgan fingerprint density at radius 3 is 3.06 bits per heavy atom. The highest BCUT2D eigenvalue weighted by atomic mass is 32.1. The molecule has 0 unspecified atom stereocenters. The highest BCUT2D eigenvalue weighted by Crippen LogP contribution is 2.21. The van der Waals surface area contributed by atoms with E-state index in [-0.39, 0.29) is 0 Å². The van der Waals surface area contributed by atoms with Crippen LogP contribution in [0.4, 0.5) is 0 Å². The molecule has 3 aromatic rings. The Bertz CT molecular complexity index is 741. The predicted octanol–water partition coefficient (Wildman–Crippen LogP) is 1.98. The van der Waals surface area contributed by atoms with Gasteiger partial charge in [0, 0.05) is 12.0 Å². The third-order valence-corrected chi connectivity index (χ3v) is 2.93. The van der Waals surface area contributed by atoms with Gasteiger partial charge in [-0.3, -0.25) is 4.98 Å². The van der Waals surface area contributed by atoms with Crippen LogP contribution in [0.1, 0.15) is 5.82 Å². The first-order valence-corrected chi connectivity index (χ1v) is 6.17. The summed E-state index contributed by atoms with van der Waals surface area (Å²) in [5.74, 6) is 1.21. The van der Waals surface area contributed by atoms with E-state index in [2.05, 4.69) is 27.6 Å². The molecule has 0 saturated heterocycles. The number of aromatic nitrogens is 3. The number of nitrogens with zero attached hydrogens (tertiary/aromatic N) is 1. The molecule has 6 heteroatoms. The summed E-state index contributed by atoms with van der Waals surface area (Å²) < 4.78 is 4.96. The summed E-state index contributed by atoms with van der Waals surface area (Å²) in [7, 11) is 0. The normalized spacial score (nSPS) is 11.2. The first-order chi connectivity index (χ1) is 8.76. The number of aryl methyl sites for hydroxylation is 1. The van der Waals surface area contributed by atoms with Gasteiger partial charge in [0.15, 0.2) is 5.58 Å². The second kappa shape index (κ2) is 4.38. The Hall–Kier alpha value is -1.95. The maximum absolute atomic E-state index is 11.1. The Kier molecular flexibility index (Phi) is 2.71. The van der Waals surface area contributed by atoms with E-state index in [1.165, 1.54) is 0 Å². The van der Waals surface area contributed by atoms with Crippen molar-refractivity contribution in [1.82, 2.24) is 15.0 Å². The van der Waals surface area contributed by atoms with Crippen LogP contribution < -0.4 is 5.76 Å². The first-order valence-electron chi connectivity index (χ1n) is 5.54. The van der Waals surface area contributed by atoms with E-state index in [0.29, 0.717) is 11.1 Å². The number of hydrogen-bond donors (Lipinski definition) is 3. The van der Waals surface area contributed by atoms with Crippen molar-refractivity contribution in [2.75, 3.05) is 5.75 Å². The molecule has 0 aliphatic carbocycles. The summed E-state index contributed by atoms with van der Waals surface area (Å²) in [5.41, 5.74) is 3.11. The molecule has 18 heavy (non-hydrogen) atoms. The molecule has 92 valence electrons. The predicted molar refractivity (Wildman–Crippen MR) is 72.0 cm³/mol. The molecule has 2 aromatic heterocycles. The van der Waals surface area contributed by atoms with Crippen LogP contribution in [0.15, 0.2) is 33.6 Å². The van der Waals surface area contributed by atoms with E-state index in [4.69, 9.17) is 4.42 Å². The van der Waals surface area contributed by atoms with Crippen LogP contribution in [-0.4, -0.2) is 20.7 Å². The maximum Gasteiger partial charge on any atom is 0.417 e.